The molecule has 1 aromatic carbocycles. The third-order valence-corrected chi connectivity index (χ3v) is 4.88. The van der Waals surface area contributed by atoms with Gasteiger partial charge in [-0.25, -0.2) is 0 Å². The Morgan fingerprint density at radius 2 is 1.79 bits per heavy atom. The lowest BCUT2D eigenvalue weighted by Crippen LogP contribution is -2.47. The summed E-state index contributed by atoms with van der Waals surface area (Å²) in [5, 5.41) is -0.360. The molecule has 1 saturated heterocycles. The first-order valence-electron chi connectivity index (χ1n) is 8.78. The van der Waals surface area contributed by atoms with Crippen LogP contribution in [0.3, 0.4) is 0 Å². The maximum Gasteiger partial charge on any atom is 0.417 e. The van der Waals surface area contributed by atoms with Crippen molar-refractivity contribution in [3.63, 3.8) is 0 Å². The maximum absolute atomic E-state index is 12.9. The third kappa shape index (κ3) is 5.33. The van der Waals surface area contributed by atoms with Crippen LogP contribution >= 0.6 is 11.6 Å². The average molecular weight is 410 g/mol. The SMILES string of the molecule is O=C(/C=C\c1ccc(Cl)c(C(F)(F)F)c1)N1CCN(Cc2ccncc2)CC1. The number of carbonyl (C=O) groups excluding carboxylic acids is 1. The predicted octanol–water partition coefficient (Wildman–Crippen LogP) is 4.11. The molecule has 0 atom stereocenters. The molecule has 8 heteroatoms. The van der Waals surface area contributed by atoms with Crippen molar-refractivity contribution in [1.29, 1.82) is 0 Å². The monoisotopic (exact) mass is 409 g/mol. The van der Waals surface area contributed by atoms with Crippen molar-refractivity contribution in [3.8, 4) is 0 Å². The highest BCUT2D eigenvalue weighted by atomic mass is 35.5. The van der Waals surface area contributed by atoms with E-state index in [9.17, 15) is 18.0 Å². The second-order valence-corrected chi connectivity index (χ2v) is 6.93. The molecule has 148 valence electrons. The molecule has 2 aromatic rings. The minimum atomic E-state index is -4.53. The van der Waals surface area contributed by atoms with Crippen molar-refractivity contribution in [2.45, 2.75) is 12.7 Å². The van der Waals surface area contributed by atoms with Crippen molar-refractivity contribution in [2.75, 3.05) is 26.2 Å². The van der Waals surface area contributed by atoms with Gasteiger partial charge in [0.1, 0.15) is 0 Å². The summed E-state index contributed by atoms with van der Waals surface area (Å²) in [7, 11) is 0. The van der Waals surface area contributed by atoms with Crippen LogP contribution in [0.25, 0.3) is 6.08 Å². The number of piperazine rings is 1. The van der Waals surface area contributed by atoms with Crippen LogP contribution in [0.15, 0.2) is 48.8 Å². The number of hydrogen-bond acceptors (Lipinski definition) is 3. The molecule has 3 rings (SSSR count). The molecule has 0 aliphatic carbocycles. The number of amides is 1. The number of aromatic nitrogens is 1. The number of halogens is 4. The van der Waals surface area contributed by atoms with E-state index >= 15 is 0 Å². The van der Waals surface area contributed by atoms with Gasteiger partial charge in [-0.3, -0.25) is 14.7 Å². The van der Waals surface area contributed by atoms with E-state index in [0.717, 1.165) is 31.3 Å². The van der Waals surface area contributed by atoms with Gasteiger partial charge in [0, 0.05) is 51.2 Å². The third-order valence-electron chi connectivity index (χ3n) is 4.55. The van der Waals surface area contributed by atoms with Gasteiger partial charge < -0.3 is 4.90 Å². The molecule has 0 unspecified atom stereocenters. The van der Waals surface area contributed by atoms with Crippen LogP contribution in [0.1, 0.15) is 16.7 Å². The van der Waals surface area contributed by atoms with Crippen molar-refractivity contribution >= 4 is 23.6 Å². The van der Waals surface area contributed by atoms with Gasteiger partial charge in [-0.05, 0) is 41.5 Å². The first kappa shape index (κ1) is 20.4. The Morgan fingerprint density at radius 3 is 2.43 bits per heavy atom. The number of rotatable bonds is 4. The normalized spacial score (nSPS) is 15.9. The molecule has 1 aliphatic rings. The Morgan fingerprint density at radius 1 is 1.11 bits per heavy atom. The molecule has 1 fully saturated rings. The maximum atomic E-state index is 12.9. The molecular formula is C20H19ClF3N3O. The Labute approximate surface area is 166 Å². The van der Waals surface area contributed by atoms with Crippen LogP contribution in [-0.2, 0) is 17.5 Å². The zero-order valence-corrected chi connectivity index (χ0v) is 15.7. The zero-order chi connectivity index (χ0) is 20.1. The topological polar surface area (TPSA) is 36.4 Å². The zero-order valence-electron chi connectivity index (χ0n) is 15.0. The lowest BCUT2D eigenvalue weighted by molar-refractivity contribution is -0.137. The van der Waals surface area contributed by atoms with E-state index in [-0.39, 0.29) is 16.5 Å². The van der Waals surface area contributed by atoms with E-state index in [1.54, 1.807) is 17.3 Å². The largest absolute Gasteiger partial charge is 0.417 e. The lowest BCUT2D eigenvalue weighted by atomic mass is 10.1. The number of benzene rings is 1. The molecule has 0 spiro atoms. The molecule has 0 radical (unpaired) electrons. The second kappa shape index (κ2) is 8.75. The number of hydrogen-bond donors (Lipinski definition) is 0. The van der Waals surface area contributed by atoms with E-state index in [1.807, 2.05) is 12.1 Å². The highest BCUT2D eigenvalue weighted by molar-refractivity contribution is 6.31. The summed E-state index contributed by atoms with van der Waals surface area (Å²) < 4.78 is 38.8. The minimum absolute atomic E-state index is 0.216. The smallest absolute Gasteiger partial charge is 0.337 e. The van der Waals surface area contributed by atoms with Gasteiger partial charge in [-0.15, -0.1) is 0 Å². The molecule has 0 bridgehead atoms. The Kier molecular flexibility index (Phi) is 6.36. The van der Waals surface area contributed by atoms with Crippen LogP contribution in [0.4, 0.5) is 13.2 Å². The fourth-order valence-corrected chi connectivity index (χ4v) is 3.23. The number of nitrogens with zero attached hydrogens (tertiary/aromatic N) is 3. The summed E-state index contributed by atoms with van der Waals surface area (Å²) in [5.41, 5.74) is 0.535. The summed E-state index contributed by atoms with van der Waals surface area (Å²) >= 11 is 5.61. The highest BCUT2D eigenvalue weighted by Gasteiger charge is 2.33. The summed E-state index contributed by atoms with van der Waals surface area (Å²) in [6.45, 7) is 3.42. The average Bonchev–Trinajstić information content (AvgIpc) is 2.67. The van der Waals surface area contributed by atoms with Crippen LogP contribution in [-0.4, -0.2) is 46.9 Å². The lowest BCUT2D eigenvalue weighted by Gasteiger charge is -2.34. The van der Waals surface area contributed by atoms with Gasteiger partial charge in [0.15, 0.2) is 0 Å². The van der Waals surface area contributed by atoms with E-state index < -0.39 is 11.7 Å². The van der Waals surface area contributed by atoms with E-state index in [4.69, 9.17) is 11.6 Å². The molecular weight excluding hydrogens is 391 g/mol. The van der Waals surface area contributed by atoms with Gasteiger partial charge in [-0.2, -0.15) is 13.2 Å². The summed E-state index contributed by atoms with van der Waals surface area (Å²) in [6.07, 6.45) is 1.66. The van der Waals surface area contributed by atoms with Crippen molar-refractivity contribution in [3.05, 3.63) is 70.5 Å². The van der Waals surface area contributed by atoms with Crippen molar-refractivity contribution < 1.29 is 18.0 Å². The Hall–Kier alpha value is -2.38. The molecule has 1 amide bonds. The minimum Gasteiger partial charge on any atom is -0.337 e. The van der Waals surface area contributed by atoms with Crippen molar-refractivity contribution in [1.82, 2.24) is 14.8 Å². The molecule has 2 heterocycles. The van der Waals surface area contributed by atoms with E-state index in [2.05, 4.69) is 9.88 Å². The predicted molar refractivity (Wildman–Crippen MR) is 102 cm³/mol. The number of pyridine rings is 1. The van der Waals surface area contributed by atoms with Crippen LogP contribution in [0, 0.1) is 0 Å². The number of carbonyl (C=O) groups is 1. The summed E-state index contributed by atoms with van der Waals surface area (Å²) in [4.78, 5) is 20.3. The molecule has 1 aliphatic heterocycles. The quantitative estimate of drug-likeness (QED) is 0.713. The summed E-state index contributed by atoms with van der Waals surface area (Å²) in [5.74, 6) is -0.216. The summed E-state index contributed by atoms with van der Waals surface area (Å²) in [6, 6.07) is 7.50. The fraction of sp³-hybridized carbons (Fsp3) is 0.300. The molecule has 0 saturated carbocycles. The van der Waals surface area contributed by atoms with Crippen LogP contribution < -0.4 is 0 Å². The first-order chi connectivity index (χ1) is 13.3. The second-order valence-electron chi connectivity index (χ2n) is 6.53. The van der Waals surface area contributed by atoms with Crippen LogP contribution in [0.5, 0.6) is 0 Å². The van der Waals surface area contributed by atoms with Gasteiger partial charge in [0.25, 0.3) is 0 Å². The molecule has 4 nitrogen and oxygen atoms in total. The van der Waals surface area contributed by atoms with Gasteiger partial charge >= 0.3 is 6.18 Å². The Bertz CT molecular complexity index is 848. The van der Waals surface area contributed by atoms with Crippen LogP contribution in [0.2, 0.25) is 5.02 Å². The Balaban J connectivity index is 1.56. The fourth-order valence-electron chi connectivity index (χ4n) is 3.01. The van der Waals surface area contributed by atoms with Crippen molar-refractivity contribution in [2.24, 2.45) is 0 Å². The highest BCUT2D eigenvalue weighted by Crippen LogP contribution is 2.35. The van der Waals surface area contributed by atoms with Gasteiger partial charge in [0.2, 0.25) is 5.91 Å². The molecule has 28 heavy (non-hydrogen) atoms. The standard InChI is InChI=1S/C20H19ClF3N3O/c21-18-3-1-15(13-17(18)20(22,23)24)2-4-19(28)27-11-9-26(10-12-27)14-16-5-7-25-8-6-16/h1-8,13H,9-12,14H2/b4-2-. The van der Waals surface area contributed by atoms with E-state index in [1.165, 1.54) is 24.3 Å². The molecule has 1 aromatic heterocycles. The van der Waals surface area contributed by atoms with E-state index in [0.29, 0.717) is 13.1 Å². The first-order valence-corrected chi connectivity index (χ1v) is 9.16. The molecule has 0 N–H and O–H groups in total. The van der Waals surface area contributed by atoms with Gasteiger partial charge in [-0.1, -0.05) is 17.7 Å². The van der Waals surface area contributed by atoms with Gasteiger partial charge in [0.05, 0.1) is 10.6 Å². The number of alkyl halides is 3.